The number of hydrogen-bond acceptors (Lipinski definition) is 1. The van der Waals surface area contributed by atoms with Crippen molar-refractivity contribution in [1.29, 1.82) is 0 Å². The first kappa shape index (κ1) is 14.5. The van der Waals surface area contributed by atoms with Crippen LogP contribution < -0.4 is 0 Å². The van der Waals surface area contributed by atoms with Gasteiger partial charge in [-0.25, -0.2) is 0 Å². The molecule has 1 aliphatic rings. The lowest BCUT2D eigenvalue weighted by Crippen LogP contribution is -2.40. The molecule has 2 rings (SSSR count). The van der Waals surface area contributed by atoms with Gasteiger partial charge in [0, 0.05) is 32.9 Å². The van der Waals surface area contributed by atoms with E-state index in [2.05, 4.69) is 47.8 Å². The lowest BCUT2D eigenvalue weighted by Gasteiger charge is -2.32. The third-order valence-electron chi connectivity index (χ3n) is 3.13. The van der Waals surface area contributed by atoms with Gasteiger partial charge in [-0.05, 0) is 37.0 Å². The maximum absolute atomic E-state index is 12.4. The summed E-state index contributed by atoms with van der Waals surface area (Å²) in [5.41, 5.74) is 0.742. The van der Waals surface area contributed by atoms with E-state index in [1.165, 1.54) is 6.42 Å². The largest absolute Gasteiger partial charge is 0.338 e. The van der Waals surface area contributed by atoms with E-state index < -0.39 is 0 Å². The molecule has 5 heteroatoms. The molecule has 1 aliphatic heterocycles. The van der Waals surface area contributed by atoms with Crippen molar-refractivity contribution in [2.24, 2.45) is 5.92 Å². The molecule has 1 amide bonds. The molecule has 1 aromatic carbocycles. The average Bonchev–Trinajstić information content (AvgIpc) is 2.37. The van der Waals surface area contributed by atoms with Crippen molar-refractivity contribution in [3.05, 3.63) is 32.7 Å². The molecule has 1 heterocycles. The number of carbonyl (C=O) groups is 1. The van der Waals surface area contributed by atoms with Crippen LogP contribution in [0.4, 0.5) is 0 Å². The van der Waals surface area contributed by atoms with Crippen molar-refractivity contribution in [3.8, 4) is 0 Å². The third kappa shape index (κ3) is 3.58. The van der Waals surface area contributed by atoms with Gasteiger partial charge in [0.15, 0.2) is 0 Å². The molecule has 1 saturated heterocycles. The minimum atomic E-state index is 0.127. The van der Waals surface area contributed by atoms with E-state index >= 15 is 0 Å². The van der Waals surface area contributed by atoms with Crippen LogP contribution in [0.1, 0.15) is 23.2 Å². The van der Waals surface area contributed by atoms with E-state index in [1.54, 1.807) is 0 Å². The van der Waals surface area contributed by atoms with Crippen molar-refractivity contribution in [2.75, 3.05) is 18.4 Å². The van der Waals surface area contributed by atoms with Crippen molar-refractivity contribution in [1.82, 2.24) is 4.90 Å². The van der Waals surface area contributed by atoms with Crippen LogP contribution in [0.15, 0.2) is 27.1 Å². The number of hydrogen-bond donors (Lipinski definition) is 0. The van der Waals surface area contributed by atoms with Gasteiger partial charge in [0.25, 0.3) is 5.91 Å². The highest BCUT2D eigenvalue weighted by molar-refractivity contribution is 9.11. The summed E-state index contributed by atoms with van der Waals surface area (Å²) in [6.45, 7) is 1.72. The van der Waals surface area contributed by atoms with Gasteiger partial charge in [0.1, 0.15) is 0 Å². The van der Waals surface area contributed by atoms with Gasteiger partial charge in [-0.1, -0.05) is 47.8 Å². The summed E-state index contributed by atoms with van der Waals surface area (Å²) < 4.78 is 1.85. The van der Waals surface area contributed by atoms with Crippen molar-refractivity contribution in [2.45, 2.75) is 12.8 Å². The quantitative estimate of drug-likeness (QED) is 0.623. The predicted octanol–water partition coefficient (Wildman–Crippen LogP) is 4.46. The highest BCUT2D eigenvalue weighted by atomic mass is 79.9. The second-order valence-electron chi connectivity index (χ2n) is 4.57. The summed E-state index contributed by atoms with van der Waals surface area (Å²) in [6.07, 6.45) is 2.30. The monoisotopic (exact) mass is 437 g/mol. The molecule has 1 unspecified atom stereocenters. The van der Waals surface area contributed by atoms with E-state index in [9.17, 15) is 4.79 Å². The van der Waals surface area contributed by atoms with Gasteiger partial charge in [-0.2, -0.15) is 0 Å². The number of likely N-dealkylation sites (tertiary alicyclic amines) is 1. The molecule has 0 spiro atoms. The van der Waals surface area contributed by atoms with E-state index in [1.807, 2.05) is 23.1 Å². The molecular weight excluding hydrogens is 426 g/mol. The summed E-state index contributed by atoms with van der Waals surface area (Å²) in [5, 5.41) is 0.971. The van der Waals surface area contributed by atoms with Crippen LogP contribution in [0.3, 0.4) is 0 Å². The number of benzene rings is 1. The topological polar surface area (TPSA) is 20.3 Å². The lowest BCUT2D eigenvalue weighted by molar-refractivity contribution is 0.0686. The Kier molecular flexibility index (Phi) is 5.27. The highest BCUT2D eigenvalue weighted by Gasteiger charge is 2.24. The van der Waals surface area contributed by atoms with Gasteiger partial charge < -0.3 is 4.90 Å². The highest BCUT2D eigenvalue weighted by Crippen LogP contribution is 2.24. The Morgan fingerprint density at radius 3 is 2.56 bits per heavy atom. The number of nitrogens with zero attached hydrogens (tertiary/aromatic N) is 1. The van der Waals surface area contributed by atoms with Gasteiger partial charge in [-0.3, -0.25) is 4.79 Å². The van der Waals surface area contributed by atoms with Gasteiger partial charge >= 0.3 is 0 Å². The van der Waals surface area contributed by atoms with E-state index in [4.69, 9.17) is 0 Å². The standard InChI is InChI=1S/C13H14Br3NO/c14-7-9-2-1-3-17(8-9)13(18)10-4-11(15)6-12(16)5-10/h4-6,9H,1-3,7-8H2. The average molecular weight is 440 g/mol. The van der Waals surface area contributed by atoms with Gasteiger partial charge in [0.2, 0.25) is 0 Å². The first-order valence-corrected chi connectivity index (χ1v) is 8.62. The molecule has 2 nitrogen and oxygen atoms in total. The van der Waals surface area contributed by atoms with Crippen LogP contribution in [0.5, 0.6) is 0 Å². The maximum atomic E-state index is 12.4. The number of piperidine rings is 1. The number of carbonyl (C=O) groups excluding carboxylic acids is 1. The molecule has 18 heavy (non-hydrogen) atoms. The van der Waals surface area contributed by atoms with Gasteiger partial charge in [0.05, 0.1) is 0 Å². The Hall–Kier alpha value is 0.130. The van der Waals surface area contributed by atoms with Crippen LogP contribution in [0.2, 0.25) is 0 Å². The molecule has 0 saturated carbocycles. The molecule has 1 atom stereocenters. The summed E-state index contributed by atoms with van der Waals surface area (Å²) in [4.78, 5) is 14.4. The second-order valence-corrected chi connectivity index (χ2v) is 7.05. The predicted molar refractivity (Wildman–Crippen MR) is 84.3 cm³/mol. The van der Waals surface area contributed by atoms with E-state index in [0.29, 0.717) is 5.92 Å². The van der Waals surface area contributed by atoms with Crippen molar-refractivity contribution in [3.63, 3.8) is 0 Å². The first-order valence-electron chi connectivity index (χ1n) is 5.91. The minimum absolute atomic E-state index is 0.127. The third-order valence-corrected chi connectivity index (χ3v) is 4.97. The number of halogens is 3. The molecule has 1 aromatic rings. The zero-order valence-electron chi connectivity index (χ0n) is 9.83. The zero-order valence-corrected chi connectivity index (χ0v) is 14.6. The van der Waals surface area contributed by atoms with E-state index in [0.717, 1.165) is 39.3 Å². The SMILES string of the molecule is O=C(c1cc(Br)cc(Br)c1)N1CCCC(CBr)C1. The van der Waals surface area contributed by atoms with Crippen LogP contribution >= 0.6 is 47.8 Å². The summed E-state index contributed by atoms with van der Waals surface area (Å²) in [7, 11) is 0. The Morgan fingerprint density at radius 1 is 1.28 bits per heavy atom. The van der Waals surface area contributed by atoms with Gasteiger partial charge in [-0.15, -0.1) is 0 Å². The summed E-state index contributed by atoms with van der Waals surface area (Å²) >= 11 is 10.4. The number of alkyl halides is 1. The molecule has 0 aliphatic carbocycles. The molecule has 0 bridgehead atoms. The fourth-order valence-corrected chi connectivity index (χ4v) is 4.06. The Balaban J connectivity index is 2.15. The molecule has 0 radical (unpaired) electrons. The van der Waals surface area contributed by atoms with Crippen molar-refractivity contribution >= 4 is 53.7 Å². The normalized spacial score (nSPS) is 19.9. The van der Waals surface area contributed by atoms with Crippen LogP contribution in [0.25, 0.3) is 0 Å². The number of rotatable bonds is 2. The number of amides is 1. The molecule has 1 fully saturated rings. The molecule has 0 aromatic heterocycles. The van der Waals surface area contributed by atoms with Crippen LogP contribution in [-0.2, 0) is 0 Å². The first-order chi connectivity index (χ1) is 8.60. The molecule has 0 N–H and O–H groups in total. The fraction of sp³-hybridized carbons (Fsp3) is 0.462. The molecular formula is C13H14Br3NO. The Bertz CT molecular complexity index is 430. The zero-order chi connectivity index (χ0) is 13.1. The maximum Gasteiger partial charge on any atom is 0.253 e. The lowest BCUT2D eigenvalue weighted by atomic mass is 9.99. The Morgan fingerprint density at radius 2 is 1.94 bits per heavy atom. The Labute approximate surface area is 133 Å². The van der Waals surface area contributed by atoms with Crippen molar-refractivity contribution < 1.29 is 4.79 Å². The second kappa shape index (κ2) is 6.53. The minimum Gasteiger partial charge on any atom is -0.338 e. The summed E-state index contributed by atoms with van der Waals surface area (Å²) in [5.74, 6) is 0.709. The fourth-order valence-electron chi connectivity index (χ4n) is 2.24. The smallest absolute Gasteiger partial charge is 0.253 e. The van der Waals surface area contributed by atoms with E-state index in [-0.39, 0.29) is 5.91 Å². The summed E-state index contributed by atoms with van der Waals surface area (Å²) in [6, 6.07) is 5.70. The van der Waals surface area contributed by atoms with Crippen LogP contribution in [0, 0.1) is 5.92 Å². The van der Waals surface area contributed by atoms with Crippen LogP contribution in [-0.4, -0.2) is 29.2 Å². The molecule has 98 valence electrons.